The van der Waals surface area contributed by atoms with Crippen LogP contribution in [0.2, 0.25) is 0 Å². The van der Waals surface area contributed by atoms with Crippen LogP contribution in [0.1, 0.15) is 18.5 Å². The minimum Gasteiger partial charge on any atom is -0.466 e. The Morgan fingerprint density at radius 2 is 1.88 bits per heavy atom. The Bertz CT molecular complexity index is 690. The summed E-state index contributed by atoms with van der Waals surface area (Å²) in [6.07, 6.45) is 0. The fourth-order valence-corrected chi connectivity index (χ4v) is 2.71. The number of nitrogens with zero attached hydrogens (tertiary/aromatic N) is 2. The third-order valence-electron chi connectivity index (χ3n) is 3.98. The van der Waals surface area contributed by atoms with E-state index >= 15 is 0 Å². The van der Waals surface area contributed by atoms with Gasteiger partial charge in [0.05, 0.1) is 18.7 Å². The molecule has 0 radical (unpaired) electrons. The van der Waals surface area contributed by atoms with E-state index in [4.69, 9.17) is 4.74 Å². The quantitative estimate of drug-likeness (QED) is 0.791. The van der Waals surface area contributed by atoms with Crippen molar-refractivity contribution in [1.82, 2.24) is 9.80 Å². The molecule has 130 valence electrons. The van der Waals surface area contributed by atoms with Gasteiger partial charge in [0, 0.05) is 25.4 Å². The largest absolute Gasteiger partial charge is 0.466 e. The number of alkyl halides is 2. The number of methoxy groups -OCH3 is 1. The molecule has 6 nitrogen and oxygen atoms in total. The molecule has 1 heterocycles. The fourth-order valence-electron chi connectivity index (χ4n) is 2.71. The van der Waals surface area contributed by atoms with Gasteiger partial charge in [-0.05, 0) is 13.0 Å². The number of esters is 1. The van der Waals surface area contributed by atoms with Crippen LogP contribution in [0.25, 0.3) is 0 Å². The molecule has 1 atom stereocenters. The van der Waals surface area contributed by atoms with Crippen LogP contribution < -0.4 is 4.74 Å². The number of likely N-dealkylation sites (N-methyl/N-ethyl adjacent to an activating group) is 1. The number of ether oxygens (including phenoxy) is 2. The summed E-state index contributed by atoms with van der Waals surface area (Å²) in [5.41, 5.74) is 0.857. The first-order valence-electron chi connectivity index (χ1n) is 7.13. The van der Waals surface area contributed by atoms with E-state index in [1.54, 1.807) is 13.0 Å². The molecule has 1 aliphatic heterocycles. The molecule has 0 bridgehead atoms. The lowest BCUT2D eigenvalue weighted by Crippen LogP contribution is -2.47. The average Bonchev–Trinajstić information content (AvgIpc) is 2.55. The molecule has 2 rings (SSSR count). The number of rotatable bonds is 4. The standard InChI is InChI=1S/C16H18F2N2O4/c1-9-12(14(21)23-4)13(20(3)16(22)19(9)2)10-7-5-6-8-11(10)24-15(17)18/h5-8,13,15H,1-4H3. The van der Waals surface area contributed by atoms with E-state index in [1.807, 2.05) is 0 Å². The van der Waals surface area contributed by atoms with Crippen LogP contribution >= 0.6 is 0 Å². The maximum absolute atomic E-state index is 12.7. The zero-order valence-corrected chi connectivity index (χ0v) is 13.7. The molecule has 0 aromatic heterocycles. The summed E-state index contributed by atoms with van der Waals surface area (Å²) in [7, 11) is 4.23. The summed E-state index contributed by atoms with van der Waals surface area (Å²) in [5.74, 6) is -0.744. The van der Waals surface area contributed by atoms with Crippen LogP contribution in [0, 0.1) is 0 Å². The lowest BCUT2D eigenvalue weighted by atomic mass is 9.93. The molecular weight excluding hydrogens is 322 g/mol. The lowest BCUT2D eigenvalue weighted by Gasteiger charge is -2.39. The molecule has 1 aliphatic rings. The lowest BCUT2D eigenvalue weighted by molar-refractivity contribution is -0.137. The molecule has 1 unspecified atom stereocenters. The molecule has 0 saturated heterocycles. The number of benzene rings is 1. The van der Waals surface area contributed by atoms with E-state index in [1.165, 1.54) is 49.2 Å². The van der Waals surface area contributed by atoms with Crippen molar-refractivity contribution in [3.05, 3.63) is 41.1 Å². The summed E-state index contributed by atoms with van der Waals surface area (Å²) in [5, 5.41) is 0. The van der Waals surface area contributed by atoms with Gasteiger partial charge >= 0.3 is 18.6 Å². The fraction of sp³-hybridized carbons (Fsp3) is 0.375. The van der Waals surface area contributed by atoms with E-state index in [2.05, 4.69) is 4.74 Å². The third-order valence-corrected chi connectivity index (χ3v) is 3.98. The van der Waals surface area contributed by atoms with Gasteiger partial charge in [-0.2, -0.15) is 8.78 Å². The molecule has 0 saturated carbocycles. The summed E-state index contributed by atoms with van der Waals surface area (Å²) >= 11 is 0. The predicted molar refractivity (Wildman–Crippen MR) is 81.5 cm³/mol. The molecule has 24 heavy (non-hydrogen) atoms. The summed E-state index contributed by atoms with van der Waals surface area (Å²) in [4.78, 5) is 27.2. The highest BCUT2D eigenvalue weighted by Crippen LogP contribution is 2.40. The summed E-state index contributed by atoms with van der Waals surface area (Å²) in [6.45, 7) is -1.43. The first-order chi connectivity index (χ1) is 11.3. The van der Waals surface area contributed by atoms with Gasteiger partial charge in [-0.15, -0.1) is 0 Å². The molecule has 0 spiro atoms. The first kappa shape index (κ1) is 17.7. The van der Waals surface area contributed by atoms with Crippen molar-refractivity contribution in [2.24, 2.45) is 0 Å². The number of hydrogen-bond acceptors (Lipinski definition) is 4. The zero-order valence-electron chi connectivity index (χ0n) is 13.7. The number of urea groups is 1. The highest BCUT2D eigenvalue weighted by molar-refractivity contribution is 5.95. The van der Waals surface area contributed by atoms with Gasteiger partial charge < -0.3 is 19.3 Å². The number of para-hydroxylation sites is 1. The van der Waals surface area contributed by atoms with Gasteiger partial charge in [0.1, 0.15) is 5.75 Å². The minimum absolute atomic E-state index is 0.101. The average molecular weight is 340 g/mol. The maximum Gasteiger partial charge on any atom is 0.387 e. The van der Waals surface area contributed by atoms with E-state index in [0.717, 1.165) is 0 Å². The molecule has 0 N–H and O–H groups in total. The molecule has 8 heteroatoms. The second kappa shape index (κ2) is 6.86. The van der Waals surface area contributed by atoms with Crippen LogP contribution in [-0.2, 0) is 9.53 Å². The Kier molecular flexibility index (Phi) is 5.06. The molecular formula is C16H18F2N2O4. The second-order valence-electron chi connectivity index (χ2n) is 5.26. The number of carbonyl (C=O) groups is 2. The van der Waals surface area contributed by atoms with Crippen molar-refractivity contribution < 1.29 is 27.8 Å². The Morgan fingerprint density at radius 3 is 2.46 bits per heavy atom. The van der Waals surface area contributed by atoms with Crippen molar-refractivity contribution in [2.45, 2.75) is 19.6 Å². The second-order valence-corrected chi connectivity index (χ2v) is 5.26. The number of allylic oxidation sites excluding steroid dienone is 1. The third kappa shape index (κ3) is 3.04. The molecule has 0 aliphatic carbocycles. The topological polar surface area (TPSA) is 59.1 Å². The Morgan fingerprint density at radius 1 is 1.25 bits per heavy atom. The number of hydrogen-bond donors (Lipinski definition) is 0. The van der Waals surface area contributed by atoms with E-state index in [0.29, 0.717) is 5.70 Å². The van der Waals surface area contributed by atoms with Crippen LogP contribution in [0.5, 0.6) is 5.75 Å². The monoisotopic (exact) mass is 340 g/mol. The zero-order chi connectivity index (χ0) is 18.0. The van der Waals surface area contributed by atoms with E-state index in [9.17, 15) is 18.4 Å². The van der Waals surface area contributed by atoms with Crippen LogP contribution in [-0.4, -0.2) is 49.6 Å². The van der Waals surface area contributed by atoms with Gasteiger partial charge in [0.15, 0.2) is 0 Å². The molecule has 2 amide bonds. The Hall–Kier alpha value is -2.64. The van der Waals surface area contributed by atoms with Gasteiger partial charge in [-0.1, -0.05) is 18.2 Å². The van der Waals surface area contributed by atoms with Gasteiger partial charge in [-0.25, -0.2) is 9.59 Å². The molecule has 1 aromatic carbocycles. The van der Waals surface area contributed by atoms with Crippen molar-refractivity contribution in [2.75, 3.05) is 21.2 Å². The highest BCUT2D eigenvalue weighted by atomic mass is 19.3. The van der Waals surface area contributed by atoms with Gasteiger partial charge in [0.25, 0.3) is 0 Å². The smallest absolute Gasteiger partial charge is 0.387 e. The van der Waals surface area contributed by atoms with Crippen LogP contribution in [0.3, 0.4) is 0 Å². The maximum atomic E-state index is 12.7. The molecule has 0 fully saturated rings. The van der Waals surface area contributed by atoms with Crippen LogP contribution in [0.15, 0.2) is 35.5 Å². The first-order valence-corrected chi connectivity index (χ1v) is 7.13. The van der Waals surface area contributed by atoms with Crippen molar-refractivity contribution >= 4 is 12.0 Å². The van der Waals surface area contributed by atoms with Crippen molar-refractivity contribution in [3.8, 4) is 5.75 Å². The summed E-state index contributed by atoms with van der Waals surface area (Å²) in [6, 6.07) is 4.78. The van der Waals surface area contributed by atoms with Crippen molar-refractivity contribution in [1.29, 1.82) is 0 Å². The minimum atomic E-state index is -3.02. The molecule has 1 aromatic rings. The number of amides is 2. The number of halogens is 2. The van der Waals surface area contributed by atoms with E-state index in [-0.39, 0.29) is 22.9 Å². The Balaban J connectivity index is 2.65. The van der Waals surface area contributed by atoms with Crippen molar-refractivity contribution in [3.63, 3.8) is 0 Å². The van der Waals surface area contributed by atoms with Gasteiger partial charge in [0.2, 0.25) is 0 Å². The highest BCUT2D eigenvalue weighted by Gasteiger charge is 2.40. The van der Waals surface area contributed by atoms with Crippen LogP contribution in [0.4, 0.5) is 13.6 Å². The number of carbonyl (C=O) groups excluding carboxylic acids is 2. The van der Waals surface area contributed by atoms with Gasteiger partial charge in [-0.3, -0.25) is 0 Å². The SMILES string of the molecule is COC(=O)C1=C(C)N(C)C(=O)N(C)C1c1ccccc1OC(F)F. The summed E-state index contributed by atoms with van der Waals surface area (Å²) < 4.78 is 34.7. The van der Waals surface area contributed by atoms with E-state index < -0.39 is 18.6 Å². The Labute approximate surface area is 138 Å². The predicted octanol–water partition coefficient (Wildman–Crippen LogP) is 2.77. The normalized spacial score (nSPS) is 18.3.